The van der Waals surface area contributed by atoms with Gasteiger partial charge < -0.3 is 9.47 Å². The highest BCUT2D eigenvalue weighted by Crippen LogP contribution is 2.33. The summed E-state index contributed by atoms with van der Waals surface area (Å²) in [6.45, 7) is 0.365. The fourth-order valence-electron chi connectivity index (χ4n) is 1.12. The fraction of sp³-hybridized carbons (Fsp3) is 0.385. The summed E-state index contributed by atoms with van der Waals surface area (Å²) in [5, 5.41) is 0. The van der Waals surface area contributed by atoms with Gasteiger partial charge in [-0.15, -0.1) is 0 Å². The number of ether oxygens (including phenoxy) is 2. The Labute approximate surface area is 109 Å². The molecule has 18 heavy (non-hydrogen) atoms. The van der Waals surface area contributed by atoms with E-state index in [9.17, 15) is 9.59 Å². The molecule has 0 unspecified atom stereocenters. The molecule has 0 heterocycles. The number of hydrogen-bond donors (Lipinski definition) is 0. The van der Waals surface area contributed by atoms with Crippen LogP contribution in [0.4, 0.5) is 4.79 Å². The average Bonchev–Trinajstić information content (AvgIpc) is 2.28. The van der Waals surface area contributed by atoms with Crippen molar-refractivity contribution in [3.63, 3.8) is 0 Å². The van der Waals surface area contributed by atoms with E-state index in [1.807, 2.05) is 0 Å². The molecule has 1 rings (SSSR count). The topological polar surface area (TPSA) is 52.6 Å². The highest BCUT2D eigenvalue weighted by atomic mass is 32.3. The van der Waals surface area contributed by atoms with Gasteiger partial charge in [-0.25, -0.2) is 14.8 Å². The molecule has 0 aliphatic heterocycles. The molecule has 0 bridgehead atoms. The molecule has 0 atom stereocenters. The summed E-state index contributed by atoms with van der Waals surface area (Å²) in [5.41, 5.74) is 0.534. The molecule has 0 amide bonds. The quantitative estimate of drug-likeness (QED) is 0.469. The Balaban J connectivity index is 2.37. The van der Waals surface area contributed by atoms with Gasteiger partial charge in [-0.3, -0.25) is 4.79 Å². The van der Waals surface area contributed by atoms with E-state index in [1.54, 1.807) is 24.3 Å². The van der Waals surface area contributed by atoms with Crippen molar-refractivity contribution in [1.29, 1.82) is 0 Å². The second kappa shape index (κ2) is 6.44. The lowest BCUT2D eigenvalue weighted by Crippen LogP contribution is -2.15. The Morgan fingerprint density at radius 2 is 1.83 bits per heavy atom. The average molecular weight is 270 g/mol. The van der Waals surface area contributed by atoms with Crippen LogP contribution in [0.3, 0.4) is 0 Å². The number of hydrogen-bond acceptors (Lipinski definition) is 4. The van der Waals surface area contributed by atoms with Crippen molar-refractivity contribution in [3.05, 3.63) is 29.8 Å². The molecular weight excluding hydrogens is 252 g/mol. The first kappa shape index (κ1) is 14.6. The minimum absolute atomic E-state index is 0.365. The van der Waals surface area contributed by atoms with Gasteiger partial charge in [0.1, 0.15) is 18.6 Å². The van der Waals surface area contributed by atoms with Crippen molar-refractivity contribution in [3.8, 4) is 5.75 Å². The lowest BCUT2D eigenvalue weighted by Gasteiger charge is -2.24. The van der Waals surface area contributed by atoms with E-state index in [2.05, 4.69) is 18.8 Å². The van der Waals surface area contributed by atoms with Crippen LogP contribution in [0.5, 0.6) is 5.75 Å². The first-order valence-corrected chi connectivity index (χ1v) is 8.49. The Kier molecular flexibility index (Phi) is 5.22. The van der Waals surface area contributed by atoms with E-state index in [0.717, 1.165) is 12.0 Å². The Hall–Kier alpha value is -1.49. The number of rotatable bonds is 5. The van der Waals surface area contributed by atoms with Gasteiger partial charge in [0.25, 0.3) is 0 Å². The maximum atomic E-state index is 11.3. The molecule has 5 heteroatoms. The van der Waals surface area contributed by atoms with Crippen LogP contribution in [-0.2, 0) is 4.74 Å². The predicted molar refractivity (Wildman–Crippen MR) is 74.0 cm³/mol. The monoisotopic (exact) mass is 270 g/mol. The Bertz CT molecular complexity index is 406. The van der Waals surface area contributed by atoms with Crippen molar-refractivity contribution in [2.75, 3.05) is 31.1 Å². The van der Waals surface area contributed by atoms with Crippen molar-refractivity contribution in [2.24, 2.45) is 0 Å². The second-order valence-corrected chi connectivity index (χ2v) is 9.27. The molecule has 0 aromatic heterocycles. The Morgan fingerprint density at radius 3 is 2.33 bits per heavy atom. The van der Waals surface area contributed by atoms with Crippen LogP contribution in [-0.4, -0.2) is 43.6 Å². The summed E-state index contributed by atoms with van der Waals surface area (Å²) in [7, 11) is -0.673. The molecule has 4 nitrogen and oxygen atoms in total. The third kappa shape index (κ3) is 5.72. The number of benzene rings is 1. The van der Waals surface area contributed by atoms with Crippen molar-refractivity contribution in [1.82, 2.24) is 0 Å². The van der Waals surface area contributed by atoms with Crippen LogP contribution in [0, 0.1) is 0 Å². The van der Waals surface area contributed by atoms with Crippen LogP contribution in [0.15, 0.2) is 24.3 Å². The fourth-order valence-corrected chi connectivity index (χ4v) is 1.70. The third-order valence-corrected chi connectivity index (χ3v) is 3.52. The molecule has 0 saturated carbocycles. The molecule has 1 aromatic rings. The molecular formula is C13H18O4S. The first-order valence-electron chi connectivity index (χ1n) is 5.46. The van der Waals surface area contributed by atoms with Crippen LogP contribution < -0.4 is 4.74 Å². The summed E-state index contributed by atoms with van der Waals surface area (Å²) in [6.07, 6.45) is 6.48. The standard InChI is InChI=1S/C13H18O4S/c1-18(2,3)9-8-16-13(15)17-12-6-4-11(10-14)5-7-12/h4-7,10H,8-9H2,1-3H3. The van der Waals surface area contributed by atoms with Crippen LogP contribution >= 0.6 is 10.0 Å². The normalized spacial score (nSPS) is 11.7. The molecule has 0 aliphatic rings. The van der Waals surface area contributed by atoms with E-state index < -0.39 is 16.2 Å². The van der Waals surface area contributed by atoms with Crippen molar-refractivity contribution >= 4 is 22.5 Å². The minimum atomic E-state index is -0.711. The van der Waals surface area contributed by atoms with Crippen LogP contribution in [0.25, 0.3) is 0 Å². The largest absolute Gasteiger partial charge is 0.513 e. The maximum absolute atomic E-state index is 11.3. The molecule has 0 fully saturated rings. The summed E-state index contributed by atoms with van der Waals surface area (Å²) in [4.78, 5) is 21.8. The molecule has 100 valence electrons. The highest BCUT2D eigenvalue weighted by molar-refractivity contribution is 8.32. The third-order valence-electron chi connectivity index (χ3n) is 2.13. The number of carbonyl (C=O) groups excluding carboxylic acids is 2. The zero-order chi connectivity index (χ0) is 13.6. The van der Waals surface area contributed by atoms with Crippen LogP contribution in [0.2, 0.25) is 0 Å². The first-order chi connectivity index (χ1) is 8.40. The van der Waals surface area contributed by atoms with Crippen molar-refractivity contribution in [2.45, 2.75) is 0 Å². The summed E-state index contributed by atoms with van der Waals surface area (Å²) >= 11 is 0. The zero-order valence-corrected chi connectivity index (χ0v) is 11.7. The van der Waals surface area contributed by atoms with Gasteiger partial charge in [0, 0.05) is 11.3 Å². The SMILES string of the molecule is CS(C)(C)CCOC(=O)Oc1ccc(C=O)cc1. The van der Waals surface area contributed by atoms with E-state index in [4.69, 9.17) is 9.47 Å². The number of carbonyl (C=O) groups is 2. The Morgan fingerprint density at radius 1 is 1.22 bits per heavy atom. The summed E-state index contributed by atoms with van der Waals surface area (Å²) in [5.74, 6) is 1.22. The zero-order valence-electron chi connectivity index (χ0n) is 10.8. The molecule has 0 aliphatic carbocycles. The van der Waals surface area contributed by atoms with Gasteiger partial charge in [0.2, 0.25) is 0 Å². The van der Waals surface area contributed by atoms with Gasteiger partial charge in [-0.2, -0.15) is 0 Å². The summed E-state index contributed by atoms with van der Waals surface area (Å²) in [6, 6.07) is 6.27. The second-order valence-electron chi connectivity index (χ2n) is 4.68. The van der Waals surface area contributed by atoms with Gasteiger partial charge in [0.15, 0.2) is 0 Å². The highest BCUT2D eigenvalue weighted by Gasteiger charge is 2.09. The smallest absolute Gasteiger partial charge is 0.433 e. The lowest BCUT2D eigenvalue weighted by atomic mass is 10.2. The molecule has 0 saturated heterocycles. The molecule has 0 spiro atoms. The number of aldehydes is 1. The van der Waals surface area contributed by atoms with Gasteiger partial charge in [-0.1, -0.05) is 0 Å². The van der Waals surface area contributed by atoms with E-state index in [-0.39, 0.29) is 0 Å². The van der Waals surface area contributed by atoms with E-state index in [0.29, 0.717) is 17.9 Å². The lowest BCUT2D eigenvalue weighted by molar-refractivity contribution is 0.105. The minimum Gasteiger partial charge on any atom is -0.433 e. The summed E-state index contributed by atoms with van der Waals surface area (Å²) < 4.78 is 9.93. The van der Waals surface area contributed by atoms with Gasteiger partial charge in [0.05, 0.1) is 0 Å². The maximum Gasteiger partial charge on any atom is 0.513 e. The van der Waals surface area contributed by atoms with Gasteiger partial charge >= 0.3 is 6.16 Å². The van der Waals surface area contributed by atoms with Gasteiger partial charge in [-0.05, 0) is 43.0 Å². The molecule has 0 radical (unpaired) electrons. The van der Waals surface area contributed by atoms with Crippen LogP contribution in [0.1, 0.15) is 10.4 Å². The van der Waals surface area contributed by atoms with E-state index >= 15 is 0 Å². The predicted octanol–water partition coefficient (Wildman–Crippen LogP) is 2.71. The van der Waals surface area contributed by atoms with Crippen molar-refractivity contribution < 1.29 is 19.1 Å². The molecule has 1 aromatic carbocycles. The molecule has 0 N–H and O–H groups in total. The van der Waals surface area contributed by atoms with E-state index in [1.165, 1.54) is 0 Å².